The van der Waals surface area contributed by atoms with Crippen LogP contribution in [-0.4, -0.2) is 41.9 Å². The lowest BCUT2D eigenvalue weighted by Crippen LogP contribution is -2.55. The van der Waals surface area contributed by atoms with Crippen LogP contribution >= 0.6 is 11.6 Å². The minimum absolute atomic E-state index is 0.00592. The summed E-state index contributed by atoms with van der Waals surface area (Å²) in [5.74, 6) is 0.290. The van der Waals surface area contributed by atoms with Crippen LogP contribution in [-0.2, 0) is 9.59 Å². The average molecular weight is 365 g/mol. The zero-order valence-electron chi connectivity index (χ0n) is 15.0. The number of hydrogen-bond donors (Lipinski definition) is 0. The van der Waals surface area contributed by atoms with Gasteiger partial charge < -0.3 is 9.64 Å². The van der Waals surface area contributed by atoms with Crippen molar-refractivity contribution >= 4 is 29.1 Å². The van der Waals surface area contributed by atoms with E-state index >= 15 is 0 Å². The molecule has 6 heteroatoms. The SMILES string of the molecule is CN(C(=O)CN1C(=O)C(C)(C)Oc2ccc(Cl)cc21)C1CCCCC1. The Kier molecular flexibility index (Phi) is 4.96. The Hall–Kier alpha value is -1.75. The third-order valence-corrected chi connectivity index (χ3v) is 5.38. The number of anilines is 1. The molecule has 5 nitrogen and oxygen atoms in total. The van der Waals surface area contributed by atoms with E-state index in [1.54, 1.807) is 36.9 Å². The fourth-order valence-electron chi connectivity index (χ4n) is 3.62. The topological polar surface area (TPSA) is 49.9 Å². The number of rotatable bonds is 3. The lowest BCUT2D eigenvalue weighted by atomic mass is 9.94. The van der Waals surface area contributed by atoms with Crippen LogP contribution in [0.4, 0.5) is 5.69 Å². The third-order valence-electron chi connectivity index (χ3n) is 5.15. The highest BCUT2D eigenvalue weighted by atomic mass is 35.5. The van der Waals surface area contributed by atoms with Crippen molar-refractivity contribution in [1.82, 2.24) is 4.90 Å². The highest BCUT2D eigenvalue weighted by Gasteiger charge is 2.42. The molecule has 0 bridgehead atoms. The van der Waals surface area contributed by atoms with Crippen LogP contribution in [0.1, 0.15) is 46.0 Å². The maximum absolute atomic E-state index is 12.8. The molecule has 1 aliphatic heterocycles. The number of nitrogens with zero attached hydrogens (tertiary/aromatic N) is 2. The number of ether oxygens (including phenoxy) is 1. The fourth-order valence-corrected chi connectivity index (χ4v) is 3.78. The van der Waals surface area contributed by atoms with Gasteiger partial charge in [-0.05, 0) is 44.9 Å². The van der Waals surface area contributed by atoms with E-state index in [-0.39, 0.29) is 24.4 Å². The van der Waals surface area contributed by atoms with Crippen LogP contribution in [0.2, 0.25) is 5.02 Å². The Balaban J connectivity index is 1.83. The Morgan fingerprint density at radius 3 is 2.68 bits per heavy atom. The largest absolute Gasteiger partial charge is 0.476 e. The molecule has 1 aliphatic carbocycles. The molecule has 0 aromatic heterocycles. The van der Waals surface area contributed by atoms with E-state index in [1.807, 2.05) is 7.05 Å². The molecule has 2 amide bonds. The zero-order chi connectivity index (χ0) is 18.2. The third kappa shape index (κ3) is 3.61. The van der Waals surface area contributed by atoms with Gasteiger partial charge in [-0.2, -0.15) is 0 Å². The van der Waals surface area contributed by atoms with Crippen LogP contribution in [0.25, 0.3) is 0 Å². The summed E-state index contributed by atoms with van der Waals surface area (Å²) in [6.45, 7) is 3.44. The molecule has 1 aromatic rings. The summed E-state index contributed by atoms with van der Waals surface area (Å²) in [5.41, 5.74) is -0.452. The number of likely N-dealkylation sites (N-methyl/N-ethyl adjacent to an activating group) is 1. The fraction of sp³-hybridized carbons (Fsp3) is 0.579. The molecule has 25 heavy (non-hydrogen) atoms. The molecule has 2 aliphatic rings. The minimum atomic E-state index is -1.01. The first kappa shape index (κ1) is 18.1. The first-order valence-electron chi connectivity index (χ1n) is 8.86. The van der Waals surface area contributed by atoms with Crippen molar-refractivity contribution in [3.05, 3.63) is 23.2 Å². The molecule has 0 unspecified atom stereocenters. The van der Waals surface area contributed by atoms with Gasteiger partial charge in [0.2, 0.25) is 5.91 Å². The molecular weight excluding hydrogens is 340 g/mol. The van der Waals surface area contributed by atoms with Gasteiger partial charge in [-0.15, -0.1) is 0 Å². The van der Waals surface area contributed by atoms with Gasteiger partial charge in [0.05, 0.1) is 5.69 Å². The van der Waals surface area contributed by atoms with Gasteiger partial charge in [-0.3, -0.25) is 14.5 Å². The number of carbonyl (C=O) groups is 2. The predicted octanol–water partition coefficient (Wildman–Crippen LogP) is 3.64. The van der Waals surface area contributed by atoms with Crippen molar-refractivity contribution in [2.75, 3.05) is 18.5 Å². The number of amides is 2. The summed E-state index contributed by atoms with van der Waals surface area (Å²) in [6, 6.07) is 5.41. The second kappa shape index (κ2) is 6.87. The van der Waals surface area contributed by atoms with Crippen LogP contribution in [0, 0.1) is 0 Å². The van der Waals surface area contributed by atoms with E-state index in [4.69, 9.17) is 16.3 Å². The quantitative estimate of drug-likeness (QED) is 0.822. The predicted molar refractivity (Wildman–Crippen MR) is 98.2 cm³/mol. The van der Waals surface area contributed by atoms with Gasteiger partial charge in [-0.1, -0.05) is 30.9 Å². The second-order valence-corrected chi connectivity index (χ2v) is 7.85. The molecule has 0 spiro atoms. The molecule has 1 saturated carbocycles. The van der Waals surface area contributed by atoms with Gasteiger partial charge in [0.1, 0.15) is 12.3 Å². The van der Waals surface area contributed by atoms with E-state index in [9.17, 15) is 9.59 Å². The molecule has 0 saturated heterocycles. The highest BCUT2D eigenvalue weighted by molar-refractivity contribution is 6.31. The number of hydrogen-bond acceptors (Lipinski definition) is 3. The number of fused-ring (bicyclic) bond motifs is 1. The van der Waals surface area contributed by atoms with Gasteiger partial charge in [0.15, 0.2) is 5.60 Å². The van der Waals surface area contributed by atoms with Crippen LogP contribution in [0.5, 0.6) is 5.75 Å². The summed E-state index contributed by atoms with van der Waals surface area (Å²) >= 11 is 6.09. The smallest absolute Gasteiger partial charge is 0.271 e. The van der Waals surface area contributed by atoms with E-state index in [0.29, 0.717) is 16.5 Å². The van der Waals surface area contributed by atoms with Crippen molar-refractivity contribution < 1.29 is 14.3 Å². The monoisotopic (exact) mass is 364 g/mol. The minimum Gasteiger partial charge on any atom is -0.476 e. The van der Waals surface area contributed by atoms with Crippen LogP contribution < -0.4 is 9.64 Å². The number of halogens is 1. The maximum Gasteiger partial charge on any atom is 0.271 e. The Bertz CT molecular complexity index is 683. The normalized spacial score (nSPS) is 20.0. The van der Waals surface area contributed by atoms with E-state index in [0.717, 1.165) is 25.7 Å². The van der Waals surface area contributed by atoms with Crippen LogP contribution in [0.3, 0.4) is 0 Å². The summed E-state index contributed by atoms with van der Waals surface area (Å²) < 4.78 is 5.80. The molecule has 0 atom stereocenters. The van der Waals surface area contributed by atoms with Crippen molar-refractivity contribution in [2.45, 2.75) is 57.6 Å². The molecule has 0 N–H and O–H groups in total. The first-order chi connectivity index (χ1) is 11.8. The maximum atomic E-state index is 12.8. The number of carbonyl (C=O) groups excluding carboxylic acids is 2. The molecule has 1 aromatic carbocycles. The summed E-state index contributed by atoms with van der Waals surface area (Å²) in [5, 5.41) is 0.507. The van der Waals surface area contributed by atoms with Gasteiger partial charge in [0.25, 0.3) is 5.91 Å². The molecule has 0 radical (unpaired) electrons. The number of benzene rings is 1. The van der Waals surface area contributed by atoms with Gasteiger partial charge in [0, 0.05) is 18.1 Å². The molecule has 1 fully saturated rings. The molecular formula is C19H25ClN2O3. The summed E-state index contributed by atoms with van der Waals surface area (Å²) in [6.07, 6.45) is 5.62. The van der Waals surface area contributed by atoms with Crippen LogP contribution in [0.15, 0.2) is 18.2 Å². The Labute approximate surface area is 153 Å². The Morgan fingerprint density at radius 2 is 2.00 bits per heavy atom. The summed E-state index contributed by atoms with van der Waals surface area (Å²) in [4.78, 5) is 29.0. The second-order valence-electron chi connectivity index (χ2n) is 7.41. The molecule has 136 valence electrons. The zero-order valence-corrected chi connectivity index (χ0v) is 15.8. The average Bonchev–Trinajstić information content (AvgIpc) is 2.59. The van der Waals surface area contributed by atoms with E-state index in [1.165, 1.54) is 11.3 Å². The summed E-state index contributed by atoms with van der Waals surface area (Å²) in [7, 11) is 1.84. The first-order valence-corrected chi connectivity index (χ1v) is 9.23. The van der Waals surface area contributed by atoms with Crippen molar-refractivity contribution in [2.24, 2.45) is 0 Å². The van der Waals surface area contributed by atoms with E-state index in [2.05, 4.69) is 0 Å². The Morgan fingerprint density at radius 1 is 1.32 bits per heavy atom. The molecule has 1 heterocycles. The van der Waals surface area contributed by atoms with Gasteiger partial charge >= 0.3 is 0 Å². The van der Waals surface area contributed by atoms with Crippen molar-refractivity contribution in [3.63, 3.8) is 0 Å². The molecule has 3 rings (SSSR count). The van der Waals surface area contributed by atoms with E-state index < -0.39 is 5.60 Å². The lowest BCUT2D eigenvalue weighted by Gasteiger charge is -2.39. The standard InChI is InChI=1S/C19H25ClN2O3/c1-19(2)18(24)22(15-11-13(20)9-10-16(15)25-19)12-17(23)21(3)14-7-5-4-6-8-14/h9-11,14H,4-8,12H2,1-3H3. The highest BCUT2D eigenvalue weighted by Crippen LogP contribution is 2.39. The van der Waals surface area contributed by atoms with Gasteiger partial charge in [-0.25, -0.2) is 0 Å². The lowest BCUT2D eigenvalue weighted by molar-refractivity contribution is -0.137. The van der Waals surface area contributed by atoms with Crippen molar-refractivity contribution in [1.29, 1.82) is 0 Å². The van der Waals surface area contributed by atoms with Crippen molar-refractivity contribution in [3.8, 4) is 5.75 Å².